The van der Waals surface area contributed by atoms with Gasteiger partial charge < -0.3 is 4.48 Å². The first-order chi connectivity index (χ1) is 15.7. The molecule has 0 amide bonds. The molecular weight excluding hydrogens is 524 g/mol. The van der Waals surface area contributed by atoms with E-state index in [4.69, 9.17) is 0 Å². The SMILES string of the molecule is CCCCCC[N+](CCCC)(CCCC)CCCC.NS(=O)(=O)C(F)(F)F.NS(=O)(=O)C(F)(F)F. The largest absolute Gasteiger partial charge is 0.511 e. The topological polar surface area (TPSA) is 120 Å². The monoisotopic (exact) mass is 568 g/mol. The van der Waals surface area contributed by atoms with Gasteiger partial charge in [0.2, 0.25) is 0 Å². The zero-order valence-corrected chi connectivity index (χ0v) is 22.9. The summed E-state index contributed by atoms with van der Waals surface area (Å²) in [5.74, 6) is 0. The highest BCUT2D eigenvalue weighted by atomic mass is 32.2. The molecule has 0 fully saturated rings. The van der Waals surface area contributed by atoms with Crippen LogP contribution in [0.1, 0.15) is 91.9 Å². The Kier molecular flexibility index (Phi) is 20.6. The van der Waals surface area contributed by atoms with Gasteiger partial charge in [-0.1, -0.05) is 59.8 Å². The minimum atomic E-state index is -5.34. The highest BCUT2D eigenvalue weighted by Gasteiger charge is 2.43. The Morgan fingerprint density at radius 1 is 0.514 bits per heavy atom. The predicted octanol–water partition coefficient (Wildman–Crippen LogP) is 5.37. The van der Waals surface area contributed by atoms with Crippen molar-refractivity contribution in [2.24, 2.45) is 10.3 Å². The van der Waals surface area contributed by atoms with Crippen molar-refractivity contribution in [2.45, 2.75) is 103 Å². The fourth-order valence-electron chi connectivity index (χ4n) is 3.03. The van der Waals surface area contributed by atoms with Crippen LogP contribution < -0.4 is 10.3 Å². The lowest BCUT2D eigenvalue weighted by atomic mass is 10.1. The number of nitrogens with zero attached hydrogens (tertiary/aromatic N) is 1. The summed E-state index contributed by atoms with van der Waals surface area (Å²) in [7, 11) is -10.7. The predicted molar refractivity (Wildman–Crippen MR) is 127 cm³/mol. The van der Waals surface area contributed by atoms with Gasteiger partial charge in [0.25, 0.3) is 0 Å². The summed E-state index contributed by atoms with van der Waals surface area (Å²) in [5, 5.41) is 7.32. The summed E-state index contributed by atoms with van der Waals surface area (Å²) in [6, 6.07) is 0. The van der Waals surface area contributed by atoms with Crippen LogP contribution in [0.4, 0.5) is 26.3 Å². The number of primary sulfonamides is 2. The zero-order valence-electron chi connectivity index (χ0n) is 21.2. The van der Waals surface area contributed by atoms with Crippen LogP contribution in [0.15, 0.2) is 0 Å². The molecule has 0 saturated heterocycles. The summed E-state index contributed by atoms with van der Waals surface area (Å²) in [6.07, 6.45) is 14.0. The maximum atomic E-state index is 10.8. The summed E-state index contributed by atoms with van der Waals surface area (Å²) >= 11 is 0. The van der Waals surface area contributed by atoms with Crippen LogP contribution in [0, 0.1) is 0 Å². The van der Waals surface area contributed by atoms with Crippen LogP contribution in [0.25, 0.3) is 0 Å². The highest BCUT2D eigenvalue weighted by molar-refractivity contribution is 7.90. The van der Waals surface area contributed by atoms with Gasteiger partial charge in [-0.05, 0) is 32.1 Å². The van der Waals surface area contributed by atoms with E-state index in [1.54, 1.807) is 0 Å². The lowest BCUT2D eigenvalue weighted by molar-refractivity contribution is -0.929. The third-order valence-corrected chi connectivity index (χ3v) is 6.38. The van der Waals surface area contributed by atoms with Crippen LogP contribution >= 0.6 is 0 Å². The van der Waals surface area contributed by atoms with E-state index in [0.29, 0.717) is 0 Å². The first-order valence-electron chi connectivity index (χ1n) is 11.8. The van der Waals surface area contributed by atoms with Crippen molar-refractivity contribution in [3.05, 3.63) is 0 Å². The van der Waals surface area contributed by atoms with Gasteiger partial charge in [0, 0.05) is 0 Å². The highest BCUT2D eigenvalue weighted by Crippen LogP contribution is 2.20. The summed E-state index contributed by atoms with van der Waals surface area (Å²) in [5.41, 5.74) is -10.6. The lowest BCUT2D eigenvalue weighted by Gasteiger charge is -2.39. The number of hydrogen-bond acceptors (Lipinski definition) is 4. The Labute approximate surface area is 207 Å². The Balaban J connectivity index is -0.000000526. The van der Waals surface area contributed by atoms with E-state index in [1.165, 1.54) is 94.9 Å². The molecule has 0 bridgehead atoms. The van der Waals surface area contributed by atoms with E-state index in [1.807, 2.05) is 0 Å². The zero-order chi connectivity index (χ0) is 28.4. The minimum Gasteiger partial charge on any atom is -0.324 e. The second-order valence-corrected chi connectivity index (χ2v) is 11.4. The van der Waals surface area contributed by atoms with Gasteiger partial charge in [0.15, 0.2) is 0 Å². The second-order valence-electron chi connectivity index (χ2n) is 8.34. The molecule has 0 radical (unpaired) electrons. The molecule has 0 aromatic rings. The molecule has 0 aliphatic heterocycles. The fourth-order valence-corrected chi connectivity index (χ4v) is 3.03. The number of rotatable bonds is 14. The molecule has 0 atom stereocenters. The number of quaternary nitrogens is 1. The number of halogens is 6. The molecule has 0 aromatic carbocycles. The van der Waals surface area contributed by atoms with Gasteiger partial charge in [-0.2, -0.15) is 26.3 Å². The van der Waals surface area contributed by atoms with Gasteiger partial charge in [-0.15, -0.1) is 0 Å². The average Bonchev–Trinajstić information content (AvgIpc) is 2.70. The molecule has 0 aromatic heterocycles. The van der Waals surface area contributed by atoms with E-state index < -0.39 is 31.1 Å². The van der Waals surface area contributed by atoms with E-state index in [2.05, 4.69) is 38.0 Å². The molecule has 0 aliphatic rings. The second kappa shape index (κ2) is 18.6. The van der Waals surface area contributed by atoms with Crippen molar-refractivity contribution in [3.63, 3.8) is 0 Å². The maximum absolute atomic E-state index is 10.8. The molecular formula is C20H44F6N3O4S2+. The van der Waals surface area contributed by atoms with Crippen molar-refractivity contribution in [2.75, 3.05) is 26.2 Å². The van der Waals surface area contributed by atoms with Gasteiger partial charge in [-0.3, -0.25) is 0 Å². The number of alkyl halides is 6. The van der Waals surface area contributed by atoms with Gasteiger partial charge in [0.05, 0.1) is 26.2 Å². The Morgan fingerprint density at radius 3 is 0.943 bits per heavy atom. The fraction of sp³-hybridized carbons (Fsp3) is 1.00. The van der Waals surface area contributed by atoms with Crippen molar-refractivity contribution >= 4 is 20.0 Å². The number of sulfonamides is 2. The van der Waals surface area contributed by atoms with Crippen LogP contribution in [0.5, 0.6) is 0 Å². The Bertz CT molecular complexity index is 664. The third-order valence-electron chi connectivity index (χ3n) is 5.09. The van der Waals surface area contributed by atoms with Crippen LogP contribution in [-0.4, -0.2) is 58.5 Å². The van der Waals surface area contributed by atoms with Crippen molar-refractivity contribution in [3.8, 4) is 0 Å². The number of unbranched alkanes of at least 4 members (excludes halogenated alkanes) is 6. The molecule has 0 spiro atoms. The molecule has 35 heavy (non-hydrogen) atoms. The quantitative estimate of drug-likeness (QED) is 0.166. The summed E-state index contributed by atoms with van der Waals surface area (Å²) in [4.78, 5) is 0. The molecule has 0 aliphatic carbocycles. The molecule has 4 N–H and O–H groups in total. The smallest absolute Gasteiger partial charge is 0.324 e. The van der Waals surface area contributed by atoms with Crippen LogP contribution in [0.3, 0.4) is 0 Å². The Hall–Kier alpha value is -0.640. The van der Waals surface area contributed by atoms with Crippen molar-refractivity contribution in [1.82, 2.24) is 0 Å². The first kappa shape index (κ1) is 38.9. The van der Waals surface area contributed by atoms with E-state index in [0.717, 1.165) is 0 Å². The molecule has 216 valence electrons. The van der Waals surface area contributed by atoms with E-state index in [9.17, 15) is 43.2 Å². The molecule has 15 heteroatoms. The van der Waals surface area contributed by atoms with Gasteiger partial charge in [0.1, 0.15) is 0 Å². The molecule has 7 nitrogen and oxygen atoms in total. The third kappa shape index (κ3) is 21.2. The first-order valence-corrected chi connectivity index (χ1v) is 14.9. The van der Waals surface area contributed by atoms with Crippen molar-refractivity contribution < 1.29 is 47.7 Å². The van der Waals surface area contributed by atoms with Crippen LogP contribution in [-0.2, 0) is 20.0 Å². The summed E-state index contributed by atoms with van der Waals surface area (Å²) in [6.45, 7) is 15.1. The van der Waals surface area contributed by atoms with E-state index >= 15 is 0 Å². The molecule has 0 unspecified atom stereocenters. The van der Waals surface area contributed by atoms with Crippen LogP contribution in [0.2, 0.25) is 0 Å². The standard InChI is InChI=1S/C18H40N.2CH2F3NO2S/c1-5-9-13-14-18-19(15-10-6-2,16-11-7-3)17-12-8-4;2*2-1(3,4)8(5,6)7/h5-18H2,1-4H3;2*(H2,5,6,7)/q+1;;. The maximum Gasteiger partial charge on any atom is 0.511 e. The number of hydrogen-bond donors (Lipinski definition) is 2. The molecule has 0 heterocycles. The Morgan fingerprint density at radius 2 is 0.743 bits per heavy atom. The van der Waals surface area contributed by atoms with Gasteiger partial charge >= 0.3 is 31.1 Å². The number of nitrogens with two attached hydrogens (primary N) is 2. The lowest BCUT2D eigenvalue weighted by Crippen LogP contribution is -2.50. The van der Waals surface area contributed by atoms with Gasteiger partial charge in [-0.25, -0.2) is 27.1 Å². The average molecular weight is 569 g/mol. The molecule has 0 saturated carbocycles. The normalized spacial score (nSPS) is 12.9. The minimum absolute atomic E-state index is 1.35. The molecule has 0 rings (SSSR count). The summed E-state index contributed by atoms with van der Waals surface area (Å²) < 4.78 is 104. The van der Waals surface area contributed by atoms with E-state index in [-0.39, 0.29) is 0 Å². The van der Waals surface area contributed by atoms with Crippen molar-refractivity contribution in [1.29, 1.82) is 0 Å².